The second-order valence-electron chi connectivity index (χ2n) is 6.53. The Bertz CT molecular complexity index is 669. The third kappa shape index (κ3) is 8.15. The first-order valence-corrected chi connectivity index (χ1v) is 9.87. The van der Waals surface area contributed by atoms with Crippen molar-refractivity contribution in [3.05, 3.63) is 29.8 Å². The van der Waals surface area contributed by atoms with E-state index in [4.69, 9.17) is 18.9 Å². The average molecular weight is 408 g/mol. The highest BCUT2D eigenvalue weighted by Gasteiger charge is 2.22. The number of hydrogen-bond donors (Lipinski definition) is 1. The van der Waals surface area contributed by atoms with Gasteiger partial charge in [-0.3, -0.25) is 4.79 Å². The Morgan fingerprint density at radius 3 is 2.52 bits per heavy atom. The Hall–Kier alpha value is -2.54. The zero-order valence-corrected chi connectivity index (χ0v) is 17.7. The maximum absolute atomic E-state index is 12.2. The lowest BCUT2D eigenvalue weighted by molar-refractivity contribution is -0.163. The van der Waals surface area contributed by atoms with E-state index in [0.717, 1.165) is 19.3 Å². The number of methoxy groups -OCH3 is 2. The summed E-state index contributed by atoms with van der Waals surface area (Å²) in [7, 11) is 3.04. The molecule has 1 rings (SSSR count). The monoisotopic (exact) mass is 408 g/mol. The van der Waals surface area contributed by atoms with Crippen molar-refractivity contribution in [1.29, 1.82) is 0 Å². The summed E-state index contributed by atoms with van der Waals surface area (Å²) in [5, 5.41) is 9.44. The van der Waals surface area contributed by atoms with Crippen LogP contribution in [0.2, 0.25) is 0 Å². The molecule has 0 aliphatic carbocycles. The molecule has 0 aliphatic heterocycles. The summed E-state index contributed by atoms with van der Waals surface area (Å²) < 4.78 is 20.9. The highest BCUT2D eigenvalue weighted by Crippen LogP contribution is 2.31. The van der Waals surface area contributed by atoms with E-state index in [1.807, 2.05) is 6.92 Å². The minimum absolute atomic E-state index is 0.208. The summed E-state index contributed by atoms with van der Waals surface area (Å²) in [6.07, 6.45) is 5.24. The van der Waals surface area contributed by atoms with E-state index < -0.39 is 18.7 Å². The number of rotatable bonds is 13. The average Bonchev–Trinajstić information content (AvgIpc) is 2.74. The molecular weight excluding hydrogens is 376 g/mol. The van der Waals surface area contributed by atoms with E-state index in [1.165, 1.54) is 20.3 Å². The lowest BCUT2D eigenvalue weighted by Gasteiger charge is -2.19. The van der Waals surface area contributed by atoms with Crippen LogP contribution in [0.3, 0.4) is 0 Å². The van der Waals surface area contributed by atoms with Crippen molar-refractivity contribution < 1.29 is 33.6 Å². The lowest BCUT2D eigenvalue weighted by Crippen LogP contribution is -2.31. The van der Waals surface area contributed by atoms with Gasteiger partial charge in [-0.05, 0) is 25.0 Å². The fourth-order valence-corrected chi connectivity index (χ4v) is 2.75. The van der Waals surface area contributed by atoms with E-state index in [0.29, 0.717) is 23.5 Å². The summed E-state index contributed by atoms with van der Waals surface area (Å²) in [6.45, 7) is 3.34. The fourth-order valence-electron chi connectivity index (χ4n) is 2.75. The number of hydrogen-bond acceptors (Lipinski definition) is 7. The summed E-state index contributed by atoms with van der Waals surface area (Å²) in [5.74, 6) is -0.155. The van der Waals surface area contributed by atoms with Crippen molar-refractivity contribution in [2.75, 3.05) is 27.4 Å². The van der Waals surface area contributed by atoms with Crippen LogP contribution in [0.5, 0.6) is 11.5 Å². The van der Waals surface area contributed by atoms with Gasteiger partial charge in [0.15, 0.2) is 17.6 Å². The molecule has 0 fully saturated rings. The topological polar surface area (TPSA) is 91.3 Å². The van der Waals surface area contributed by atoms with Gasteiger partial charge in [-0.15, -0.1) is 0 Å². The van der Waals surface area contributed by atoms with E-state index in [1.54, 1.807) is 24.3 Å². The Morgan fingerprint density at radius 1 is 1.17 bits per heavy atom. The first kappa shape index (κ1) is 24.5. The first-order chi connectivity index (χ1) is 14.0. The van der Waals surface area contributed by atoms with Crippen LogP contribution in [0.4, 0.5) is 0 Å². The van der Waals surface area contributed by atoms with Gasteiger partial charge in [0.05, 0.1) is 26.7 Å². The van der Waals surface area contributed by atoms with Crippen LogP contribution in [0, 0.1) is 5.92 Å². The summed E-state index contributed by atoms with van der Waals surface area (Å²) in [5.41, 5.74) is 0.649. The second-order valence-corrected chi connectivity index (χ2v) is 6.53. The molecule has 0 saturated carbocycles. The molecule has 0 radical (unpaired) electrons. The first-order valence-electron chi connectivity index (χ1n) is 9.87. The van der Waals surface area contributed by atoms with Crippen molar-refractivity contribution in [3.8, 4) is 11.5 Å². The molecule has 1 N–H and O–H groups in total. The van der Waals surface area contributed by atoms with Gasteiger partial charge in [0.2, 0.25) is 0 Å². The smallest absolute Gasteiger partial charge is 0.330 e. The molecule has 0 aliphatic rings. The molecule has 0 saturated heterocycles. The highest BCUT2D eigenvalue weighted by molar-refractivity contribution is 5.87. The number of benzene rings is 1. The Balaban J connectivity index is 2.61. The standard InChI is InChI=1S/C22H32O7/c1-5-7-9-16(6-2)22(25)29-18(14-23)15-28-20(24)13-12-17-10-8-11-19(26-3)21(17)27-4/h8,10-13,16,18,23H,5-7,9,14-15H2,1-4H3/b13-12+. The number of aliphatic hydroxyl groups excluding tert-OH is 1. The summed E-state index contributed by atoms with van der Waals surface area (Å²) in [6, 6.07) is 5.29. The fraction of sp³-hybridized carbons (Fsp3) is 0.545. The molecule has 2 unspecified atom stereocenters. The Labute approximate surface area is 172 Å². The quantitative estimate of drug-likeness (QED) is 0.395. The number of unbranched alkanes of at least 4 members (excludes halogenated alkanes) is 1. The van der Waals surface area contributed by atoms with Crippen LogP contribution in [0.25, 0.3) is 6.08 Å². The number of esters is 2. The maximum atomic E-state index is 12.2. The predicted octanol–water partition coefficient (Wildman–Crippen LogP) is 3.38. The lowest BCUT2D eigenvalue weighted by atomic mass is 10.00. The maximum Gasteiger partial charge on any atom is 0.330 e. The molecule has 7 heteroatoms. The van der Waals surface area contributed by atoms with E-state index in [9.17, 15) is 14.7 Å². The van der Waals surface area contributed by atoms with Crippen molar-refractivity contribution in [1.82, 2.24) is 0 Å². The molecule has 162 valence electrons. The number of para-hydroxylation sites is 1. The van der Waals surface area contributed by atoms with Crippen molar-refractivity contribution in [2.24, 2.45) is 5.92 Å². The zero-order valence-electron chi connectivity index (χ0n) is 17.7. The van der Waals surface area contributed by atoms with Crippen LogP contribution in [-0.2, 0) is 19.1 Å². The molecule has 1 aromatic rings. The molecule has 1 aromatic carbocycles. The molecular formula is C22H32O7. The minimum Gasteiger partial charge on any atom is -0.493 e. The van der Waals surface area contributed by atoms with Gasteiger partial charge < -0.3 is 24.1 Å². The minimum atomic E-state index is -0.887. The van der Waals surface area contributed by atoms with Crippen LogP contribution in [0.1, 0.15) is 45.1 Å². The predicted molar refractivity (Wildman–Crippen MR) is 110 cm³/mol. The van der Waals surface area contributed by atoms with Gasteiger partial charge in [0, 0.05) is 11.6 Å². The van der Waals surface area contributed by atoms with Gasteiger partial charge in [-0.1, -0.05) is 38.8 Å². The van der Waals surface area contributed by atoms with E-state index in [2.05, 4.69) is 6.92 Å². The van der Waals surface area contributed by atoms with E-state index >= 15 is 0 Å². The zero-order chi connectivity index (χ0) is 21.6. The number of ether oxygens (including phenoxy) is 4. The Kier molecular flexibility index (Phi) is 11.5. The molecule has 29 heavy (non-hydrogen) atoms. The Morgan fingerprint density at radius 2 is 1.93 bits per heavy atom. The SMILES string of the molecule is CCCCC(CC)C(=O)OC(CO)COC(=O)/C=C/c1cccc(OC)c1OC. The largest absolute Gasteiger partial charge is 0.493 e. The molecule has 0 aromatic heterocycles. The van der Waals surface area contributed by atoms with Crippen molar-refractivity contribution >= 4 is 18.0 Å². The van der Waals surface area contributed by atoms with Crippen LogP contribution < -0.4 is 9.47 Å². The van der Waals surface area contributed by atoms with Crippen LogP contribution >= 0.6 is 0 Å². The molecule has 0 bridgehead atoms. The number of carbonyl (C=O) groups excluding carboxylic acids is 2. The molecule has 0 heterocycles. The second kappa shape index (κ2) is 13.6. The van der Waals surface area contributed by atoms with Gasteiger partial charge in [0.25, 0.3) is 0 Å². The number of aliphatic hydroxyl groups is 1. The molecule has 0 spiro atoms. The van der Waals surface area contributed by atoms with Gasteiger partial charge in [0.1, 0.15) is 6.61 Å². The van der Waals surface area contributed by atoms with Gasteiger partial charge in [-0.2, -0.15) is 0 Å². The van der Waals surface area contributed by atoms with Crippen LogP contribution in [-0.4, -0.2) is 50.6 Å². The highest BCUT2D eigenvalue weighted by atomic mass is 16.6. The molecule has 0 amide bonds. The van der Waals surface area contributed by atoms with Gasteiger partial charge in [-0.25, -0.2) is 4.79 Å². The van der Waals surface area contributed by atoms with Crippen molar-refractivity contribution in [3.63, 3.8) is 0 Å². The third-order valence-electron chi connectivity index (χ3n) is 4.46. The van der Waals surface area contributed by atoms with Gasteiger partial charge >= 0.3 is 11.9 Å². The summed E-state index contributed by atoms with van der Waals surface area (Å²) in [4.78, 5) is 24.2. The number of carbonyl (C=O) groups is 2. The van der Waals surface area contributed by atoms with Crippen LogP contribution in [0.15, 0.2) is 24.3 Å². The van der Waals surface area contributed by atoms with E-state index in [-0.39, 0.29) is 18.5 Å². The summed E-state index contributed by atoms with van der Waals surface area (Å²) >= 11 is 0. The third-order valence-corrected chi connectivity index (χ3v) is 4.46. The normalized spacial score (nSPS) is 13.0. The molecule has 2 atom stereocenters. The molecule has 7 nitrogen and oxygen atoms in total. The van der Waals surface area contributed by atoms with Crippen molar-refractivity contribution in [2.45, 2.75) is 45.6 Å².